The van der Waals surface area contributed by atoms with E-state index in [4.69, 9.17) is 4.74 Å². The summed E-state index contributed by atoms with van der Waals surface area (Å²) < 4.78 is 6.10. The van der Waals surface area contributed by atoms with Gasteiger partial charge in [-0.1, -0.05) is 31.0 Å². The van der Waals surface area contributed by atoms with Gasteiger partial charge < -0.3 is 25.2 Å². The fourth-order valence-electron chi connectivity index (χ4n) is 5.60. The lowest BCUT2D eigenvalue weighted by atomic mass is 9.77. The number of fused-ring (bicyclic) bond motifs is 1. The molecule has 0 bridgehead atoms. The molecule has 1 saturated carbocycles. The van der Waals surface area contributed by atoms with Crippen LogP contribution >= 0.6 is 0 Å². The van der Waals surface area contributed by atoms with Gasteiger partial charge in [0, 0.05) is 18.4 Å². The van der Waals surface area contributed by atoms with E-state index >= 15 is 0 Å². The van der Waals surface area contributed by atoms with Gasteiger partial charge in [-0.25, -0.2) is 4.79 Å². The van der Waals surface area contributed by atoms with E-state index in [1.54, 1.807) is 25.3 Å². The number of aliphatic hydroxyl groups is 1. The molecule has 3 aromatic rings. The molecular formula is C26H28N4O6. The number of carbonyl (C=O) groups excluding carboxylic acids is 2. The third kappa shape index (κ3) is 3.97. The molecule has 10 heteroatoms. The highest BCUT2D eigenvalue weighted by Crippen LogP contribution is 2.44. The zero-order chi connectivity index (χ0) is 25.4. The van der Waals surface area contributed by atoms with Crippen LogP contribution in [0.25, 0.3) is 10.9 Å². The third-order valence-corrected chi connectivity index (χ3v) is 7.40. The van der Waals surface area contributed by atoms with Gasteiger partial charge in [-0.3, -0.25) is 9.59 Å². The number of methoxy groups -OCH3 is 1. The molecule has 2 heterocycles. The van der Waals surface area contributed by atoms with Gasteiger partial charge in [0.15, 0.2) is 0 Å². The number of aliphatic hydroxyl groups excluding tert-OH is 1. The Morgan fingerprint density at radius 1 is 1.11 bits per heavy atom. The second-order valence-electron chi connectivity index (χ2n) is 9.45. The number of nitrogens with one attached hydrogen (secondary N) is 1. The largest absolute Gasteiger partial charge is 0.497 e. The van der Waals surface area contributed by atoms with Gasteiger partial charge in [0.25, 0.3) is 0 Å². The van der Waals surface area contributed by atoms with Gasteiger partial charge in [-0.15, -0.1) is 0 Å². The predicted molar refractivity (Wildman–Crippen MR) is 131 cm³/mol. The number of benzene rings is 2. The fraction of sp³-hybridized carbons (Fsp3) is 0.385. The van der Waals surface area contributed by atoms with Crippen LogP contribution in [-0.4, -0.2) is 68.6 Å². The Bertz CT molecular complexity index is 1310. The van der Waals surface area contributed by atoms with Crippen molar-refractivity contribution in [3.05, 3.63) is 54.2 Å². The molecule has 0 spiro atoms. The summed E-state index contributed by atoms with van der Waals surface area (Å²) in [6.45, 7) is 0.0793. The Labute approximate surface area is 207 Å². The second kappa shape index (κ2) is 9.27. The van der Waals surface area contributed by atoms with E-state index in [0.717, 1.165) is 23.1 Å². The van der Waals surface area contributed by atoms with Crippen molar-refractivity contribution in [2.45, 2.75) is 49.7 Å². The predicted octanol–water partition coefficient (Wildman–Crippen LogP) is 2.98. The number of amides is 2. The van der Waals surface area contributed by atoms with Crippen LogP contribution in [0, 0.1) is 0 Å². The average Bonchev–Trinajstić information content (AvgIpc) is 3.62. The average molecular weight is 493 g/mol. The van der Waals surface area contributed by atoms with Crippen molar-refractivity contribution in [3.8, 4) is 5.75 Å². The lowest BCUT2D eigenvalue weighted by molar-refractivity contribution is -0.141. The molecule has 36 heavy (non-hydrogen) atoms. The standard InChI is InChI=1S/C26H28N4O6/c1-36-18-9-7-16(8-10-18)26(11-2-3-12-26)24(33)29-15-17(31)13-22(29)23(32)28-20-5-4-6-21-19(20)14-27-30(21)25(34)35/h4-10,14,17,22,31H,2-3,11-13,15H2,1H3,(H,28,32)(H,34,35)/t17-,22+/m0/s1. The van der Waals surface area contributed by atoms with Crippen LogP contribution in [0.15, 0.2) is 48.7 Å². The van der Waals surface area contributed by atoms with E-state index in [1.165, 1.54) is 11.1 Å². The molecule has 2 atom stereocenters. The summed E-state index contributed by atoms with van der Waals surface area (Å²) in [6, 6.07) is 11.5. The normalized spacial score (nSPS) is 21.0. The van der Waals surface area contributed by atoms with Crippen molar-refractivity contribution in [1.82, 2.24) is 14.7 Å². The molecule has 2 aliphatic rings. The van der Waals surface area contributed by atoms with Crippen LogP contribution in [0.3, 0.4) is 0 Å². The Balaban J connectivity index is 1.43. The highest BCUT2D eigenvalue weighted by atomic mass is 16.5. The number of nitrogens with zero attached hydrogens (tertiary/aromatic N) is 3. The van der Waals surface area contributed by atoms with Crippen LogP contribution in [-0.2, 0) is 15.0 Å². The van der Waals surface area contributed by atoms with Crippen LogP contribution in [0.5, 0.6) is 5.75 Å². The van der Waals surface area contributed by atoms with Crippen LogP contribution < -0.4 is 10.1 Å². The Morgan fingerprint density at radius 2 is 1.83 bits per heavy atom. The number of carbonyl (C=O) groups is 3. The Kier molecular flexibility index (Phi) is 6.13. The number of rotatable bonds is 5. The minimum Gasteiger partial charge on any atom is -0.497 e. The fourth-order valence-corrected chi connectivity index (χ4v) is 5.60. The first kappa shape index (κ1) is 23.8. The summed E-state index contributed by atoms with van der Waals surface area (Å²) in [4.78, 5) is 40.4. The van der Waals surface area contributed by atoms with E-state index in [2.05, 4.69) is 10.4 Å². The van der Waals surface area contributed by atoms with Gasteiger partial charge >= 0.3 is 6.09 Å². The summed E-state index contributed by atoms with van der Waals surface area (Å²) in [6.07, 6.45) is 2.61. The maximum Gasteiger partial charge on any atom is 0.432 e. The van der Waals surface area contributed by atoms with E-state index in [1.807, 2.05) is 24.3 Å². The van der Waals surface area contributed by atoms with Crippen molar-refractivity contribution in [1.29, 1.82) is 0 Å². The molecule has 188 valence electrons. The maximum absolute atomic E-state index is 14.1. The number of hydrogen-bond donors (Lipinski definition) is 3. The molecule has 2 fully saturated rings. The SMILES string of the molecule is COc1ccc(C2(C(=O)N3C[C@@H](O)C[C@@H]3C(=O)Nc3cccc4c3cnn4C(=O)O)CCCC2)cc1. The Morgan fingerprint density at radius 3 is 2.50 bits per heavy atom. The number of anilines is 1. The first-order valence-corrected chi connectivity index (χ1v) is 12.0. The summed E-state index contributed by atoms with van der Waals surface area (Å²) in [5, 5.41) is 27.0. The van der Waals surface area contributed by atoms with Crippen molar-refractivity contribution in [3.63, 3.8) is 0 Å². The molecule has 3 N–H and O–H groups in total. The van der Waals surface area contributed by atoms with E-state index < -0.39 is 29.6 Å². The monoisotopic (exact) mass is 492 g/mol. The molecule has 0 radical (unpaired) electrons. The number of carboxylic acid groups (broad SMARTS) is 1. The van der Waals surface area contributed by atoms with Gasteiger partial charge in [-0.05, 0) is 42.7 Å². The van der Waals surface area contributed by atoms with Gasteiger partial charge in [0.1, 0.15) is 11.8 Å². The summed E-state index contributed by atoms with van der Waals surface area (Å²) >= 11 is 0. The summed E-state index contributed by atoms with van der Waals surface area (Å²) in [5.74, 6) is 0.116. The molecule has 1 aliphatic heterocycles. The highest BCUT2D eigenvalue weighted by Gasteiger charge is 2.50. The number of hydrogen-bond acceptors (Lipinski definition) is 6. The molecule has 1 aliphatic carbocycles. The molecular weight excluding hydrogens is 464 g/mol. The van der Waals surface area contributed by atoms with Gasteiger partial charge in [0.05, 0.1) is 36.0 Å². The van der Waals surface area contributed by atoms with Crippen molar-refractivity contribution >= 4 is 34.5 Å². The van der Waals surface area contributed by atoms with E-state index in [0.29, 0.717) is 35.2 Å². The topological polar surface area (TPSA) is 134 Å². The molecule has 2 aromatic carbocycles. The van der Waals surface area contributed by atoms with Crippen molar-refractivity contribution in [2.75, 3.05) is 19.0 Å². The first-order valence-electron chi connectivity index (χ1n) is 12.0. The highest BCUT2D eigenvalue weighted by molar-refractivity contribution is 6.05. The minimum atomic E-state index is -1.23. The molecule has 0 unspecified atom stereocenters. The number of aromatic nitrogens is 2. The number of β-amino-alcohol motifs (C(OH)–C–C–N with tert-alkyl or cyclic N) is 1. The third-order valence-electron chi connectivity index (χ3n) is 7.40. The molecule has 1 saturated heterocycles. The van der Waals surface area contributed by atoms with E-state index in [-0.39, 0.29) is 18.9 Å². The van der Waals surface area contributed by atoms with E-state index in [9.17, 15) is 24.6 Å². The maximum atomic E-state index is 14.1. The van der Waals surface area contributed by atoms with Crippen LogP contribution in [0.1, 0.15) is 37.7 Å². The first-order chi connectivity index (χ1) is 17.3. The van der Waals surface area contributed by atoms with Gasteiger partial charge in [-0.2, -0.15) is 9.78 Å². The van der Waals surface area contributed by atoms with Crippen LogP contribution in [0.4, 0.5) is 10.5 Å². The number of ether oxygens (including phenoxy) is 1. The van der Waals surface area contributed by atoms with Crippen molar-refractivity contribution < 1.29 is 29.3 Å². The smallest absolute Gasteiger partial charge is 0.432 e. The van der Waals surface area contributed by atoms with Gasteiger partial charge in [0.2, 0.25) is 11.8 Å². The lowest BCUT2D eigenvalue weighted by Gasteiger charge is -2.35. The zero-order valence-corrected chi connectivity index (χ0v) is 19.9. The Hall–Kier alpha value is -3.92. The summed E-state index contributed by atoms with van der Waals surface area (Å²) in [5.41, 5.74) is 0.864. The number of likely N-dealkylation sites (tertiary alicyclic amines) is 1. The minimum absolute atomic E-state index is 0.0793. The second-order valence-corrected chi connectivity index (χ2v) is 9.45. The van der Waals surface area contributed by atoms with Crippen molar-refractivity contribution in [2.24, 2.45) is 0 Å². The molecule has 5 rings (SSSR count). The molecule has 1 aromatic heterocycles. The molecule has 2 amide bonds. The summed E-state index contributed by atoms with van der Waals surface area (Å²) in [7, 11) is 1.59. The molecule has 10 nitrogen and oxygen atoms in total. The zero-order valence-electron chi connectivity index (χ0n) is 19.9. The quantitative estimate of drug-likeness (QED) is 0.498. The van der Waals surface area contributed by atoms with Crippen LogP contribution in [0.2, 0.25) is 0 Å². The lowest BCUT2D eigenvalue weighted by Crippen LogP contribution is -2.51.